The van der Waals surface area contributed by atoms with Gasteiger partial charge in [0.25, 0.3) is 0 Å². The largest absolute Gasteiger partial charge is 0.465 e. The Morgan fingerprint density at radius 3 is 2.56 bits per heavy atom. The van der Waals surface area contributed by atoms with Crippen molar-refractivity contribution in [2.24, 2.45) is 5.92 Å². The zero-order chi connectivity index (χ0) is 28.2. The fourth-order valence-corrected chi connectivity index (χ4v) is 5.29. The highest BCUT2D eigenvalue weighted by atomic mass is 19.1. The summed E-state index contributed by atoms with van der Waals surface area (Å²) < 4.78 is 26.9. The van der Waals surface area contributed by atoms with Gasteiger partial charge in [0.15, 0.2) is 0 Å². The number of aromatic nitrogens is 1. The zero-order valence-electron chi connectivity index (χ0n) is 23.1. The Hall–Kier alpha value is -3.68. The monoisotopic (exact) mass is 536 g/mol. The summed E-state index contributed by atoms with van der Waals surface area (Å²) in [4.78, 5) is 38.5. The molecule has 2 atom stereocenters. The number of rotatable bonds is 9. The molecule has 208 valence electrons. The van der Waals surface area contributed by atoms with Gasteiger partial charge in [-0.1, -0.05) is 30.3 Å². The van der Waals surface area contributed by atoms with Crippen LogP contribution in [0.25, 0.3) is 10.9 Å². The summed E-state index contributed by atoms with van der Waals surface area (Å²) in [5, 5.41) is 3.84. The molecule has 1 aliphatic rings. The molecular formula is C31H37FN2O5. The first kappa shape index (κ1) is 28.3. The van der Waals surface area contributed by atoms with E-state index in [9.17, 15) is 18.8 Å². The lowest BCUT2D eigenvalue weighted by Crippen LogP contribution is -2.41. The van der Waals surface area contributed by atoms with E-state index in [4.69, 9.17) is 9.47 Å². The maximum Gasteiger partial charge on any atom is 0.325 e. The Morgan fingerprint density at radius 1 is 1.13 bits per heavy atom. The third kappa shape index (κ3) is 7.25. The minimum Gasteiger partial charge on any atom is -0.465 e. The van der Waals surface area contributed by atoms with Crippen molar-refractivity contribution in [2.45, 2.75) is 78.0 Å². The standard InChI is InChI=1S/C31H37FN2O5/c1-5-38-29(36)19-34-26-13-11-22(32)17-24(26)25-18-23(12-14-27(25)34)33-28(35)16-21(30(37)39-31(2,3)4)15-20-9-7-6-8-10-20/h6-11,13,17,21,23H,5,12,14-16,18-19H2,1-4H3,(H,33,35). The van der Waals surface area contributed by atoms with E-state index in [1.54, 1.807) is 13.0 Å². The fraction of sp³-hybridized carbons (Fsp3) is 0.452. The average Bonchev–Trinajstić information content (AvgIpc) is 3.15. The van der Waals surface area contributed by atoms with Gasteiger partial charge in [0, 0.05) is 29.1 Å². The van der Waals surface area contributed by atoms with Gasteiger partial charge in [-0.15, -0.1) is 0 Å². The average molecular weight is 537 g/mol. The van der Waals surface area contributed by atoms with Crippen molar-refractivity contribution in [1.82, 2.24) is 9.88 Å². The number of hydrogen-bond donors (Lipinski definition) is 1. The number of nitrogens with one attached hydrogen (secondary N) is 1. The molecular weight excluding hydrogens is 499 g/mol. The van der Waals surface area contributed by atoms with Crippen LogP contribution in [-0.2, 0) is 49.7 Å². The Bertz CT molecular complexity index is 1340. The van der Waals surface area contributed by atoms with Crippen molar-refractivity contribution in [3.63, 3.8) is 0 Å². The summed E-state index contributed by atoms with van der Waals surface area (Å²) in [7, 11) is 0. The van der Waals surface area contributed by atoms with Crippen molar-refractivity contribution in [3.05, 3.63) is 71.2 Å². The predicted molar refractivity (Wildman–Crippen MR) is 147 cm³/mol. The molecule has 8 heteroatoms. The second-order valence-corrected chi connectivity index (χ2v) is 11.1. The van der Waals surface area contributed by atoms with Gasteiger partial charge < -0.3 is 19.4 Å². The van der Waals surface area contributed by atoms with E-state index in [0.717, 1.165) is 27.7 Å². The molecule has 39 heavy (non-hydrogen) atoms. The Labute approximate surface area is 228 Å². The smallest absolute Gasteiger partial charge is 0.325 e. The Kier molecular flexibility index (Phi) is 8.73. The van der Waals surface area contributed by atoms with Crippen LogP contribution in [0.3, 0.4) is 0 Å². The normalized spacial score (nSPS) is 15.9. The highest BCUT2D eigenvalue weighted by molar-refractivity contribution is 5.88. The molecule has 3 aromatic rings. The van der Waals surface area contributed by atoms with E-state index in [-0.39, 0.29) is 43.3 Å². The number of esters is 2. The number of amides is 1. The quantitative estimate of drug-likeness (QED) is 0.393. The highest BCUT2D eigenvalue weighted by Crippen LogP contribution is 2.33. The molecule has 0 bridgehead atoms. The molecule has 0 fully saturated rings. The van der Waals surface area contributed by atoms with E-state index >= 15 is 0 Å². The number of ether oxygens (including phenoxy) is 2. The first-order valence-electron chi connectivity index (χ1n) is 13.5. The van der Waals surface area contributed by atoms with Crippen molar-refractivity contribution >= 4 is 28.7 Å². The molecule has 2 unspecified atom stereocenters. The second kappa shape index (κ2) is 12.0. The minimum absolute atomic E-state index is 0.00636. The number of hydrogen-bond acceptors (Lipinski definition) is 5. The summed E-state index contributed by atoms with van der Waals surface area (Å²) in [6.07, 6.45) is 2.20. The van der Waals surface area contributed by atoms with Gasteiger partial charge in [-0.2, -0.15) is 0 Å². The maximum absolute atomic E-state index is 14.2. The predicted octanol–water partition coefficient (Wildman–Crippen LogP) is 4.91. The SMILES string of the molecule is CCOC(=O)Cn1c2c(c3cc(F)ccc31)CC(NC(=O)CC(Cc1ccccc1)C(=O)OC(C)(C)C)CC2. The minimum atomic E-state index is -0.657. The van der Waals surface area contributed by atoms with Gasteiger partial charge >= 0.3 is 11.9 Å². The second-order valence-electron chi connectivity index (χ2n) is 11.1. The third-order valence-electron chi connectivity index (χ3n) is 6.88. The van der Waals surface area contributed by atoms with Gasteiger partial charge in [0.05, 0.1) is 12.5 Å². The van der Waals surface area contributed by atoms with E-state index in [1.807, 2.05) is 55.7 Å². The molecule has 1 N–H and O–H groups in total. The molecule has 2 aromatic carbocycles. The first-order valence-corrected chi connectivity index (χ1v) is 13.5. The van der Waals surface area contributed by atoms with Gasteiger partial charge in [-0.3, -0.25) is 14.4 Å². The summed E-state index contributed by atoms with van der Waals surface area (Å²) in [6, 6.07) is 14.0. The molecule has 7 nitrogen and oxygen atoms in total. The van der Waals surface area contributed by atoms with Crippen LogP contribution >= 0.6 is 0 Å². The third-order valence-corrected chi connectivity index (χ3v) is 6.88. The Balaban J connectivity index is 1.50. The number of benzene rings is 2. The van der Waals surface area contributed by atoms with E-state index in [2.05, 4.69) is 5.32 Å². The first-order chi connectivity index (χ1) is 18.5. The number of halogens is 1. The van der Waals surface area contributed by atoms with Crippen molar-refractivity contribution in [2.75, 3.05) is 6.61 Å². The highest BCUT2D eigenvalue weighted by Gasteiger charge is 2.31. The Morgan fingerprint density at radius 2 is 1.87 bits per heavy atom. The molecule has 4 rings (SSSR count). The summed E-state index contributed by atoms with van der Waals surface area (Å²) in [6.45, 7) is 7.54. The van der Waals surface area contributed by atoms with E-state index in [1.165, 1.54) is 12.1 Å². The van der Waals surface area contributed by atoms with Crippen molar-refractivity contribution in [1.29, 1.82) is 0 Å². The lowest BCUT2D eigenvalue weighted by Gasteiger charge is -2.27. The number of carbonyl (C=O) groups excluding carboxylic acids is 3. The molecule has 0 aliphatic heterocycles. The van der Waals surface area contributed by atoms with Crippen LogP contribution in [0, 0.1) is 11.7 Å². The number of fused-ring (bicyclic) bond motifs is 3. The lowest BCUT2D eigenvalue weighted by molar-refractivity contribution is -0.161. The van der Waals surface area contributed by atoms with Crippen LogP contribution in [0.5, 0.6) is 0 Å². The van der Waals surface area contributed by atoms with Crippen LogP contribution in [0.2, 0.25) is 0 Å². The van der Waals surface area contributed by atoms with E-state index in [0.29, 0.717) is 25.7 Å². The topological polar surface area (TPSA) is 86.6 Å². The summed E-state index contributed by atoms with van der Waals surface area (Å²) in [5.41, 5.74) is 2.97. The van der Waals surface area contributed by atoms with Crippen LogP contribution < -0.4 is 5.32 Å². The molecule has 0 spiro atoms. The molecule has 1 aromatic heterocycles. The molecule has 0 saturated carbocycles. The zero-order valence-corrected chi connectivity index (χ0v) is 23.1. The fourth-order valence-electron chi connectivity index (χ4n) is 5.29. The molecule has 0 saturated heterocycles. The maximum atomic E-state index is 14.2. The van der Waals surface area contributed by atoms with Crippen LogP contribution in [-0.4, -0.2) is 40.7 Å². The van der Waals surface area contributed by atoms with E-state index < -0.39 is 17.5 Å². The van der Waals surface area contributed by atoms with Crippen molar-refractivity contribution in [3.8, 4) is 0 Å². The van der Waals surface area contributed by atoms with Crippen molar-refractivity contribution < 1.29 is 28.2 Å². The van der Waals surface area contributed by atoms with Gasteiger partial charge in [0.2, 0.25) is 5.91 Å². The van der Waals surface area contributed by atoms with Crippen LogP contribution in [0.15, 0.2) is 48.5 Å². The lowest BCUT2D eigenvalue weighted by atomic mass is 9.90. The summed E-state index contributed by atoms with van der Waals surface area (Å²) >= 11 is 0. The van der Waals surface area contributed by atoms with Gasteiger partial charge in [-0.25, -0.2) is 4.39 Å². The van der Waals surface area contributed by atoms with Crippen LogP contribution in [0.4, 0.5) is 4.39 Å². The molecule has 0 radical (unpaired) electrons. The van der Waals surface area contributed by atoms with Gasteiger partial charge in [-0.05, 0) is 82.7 Å². The summed E-state index contributed by atoms with van der Waals surface area (Å²) in [5.74, 6) is -1.94. The van der Waals surface area contributed by atoms with Gasteiger partial charge in [0.1, 0.15) is 18.0 Å². The van der Waals surface area contributed by atoms with Crippen LogP contribution in [0.1, 0.15) is 57.4 Å². The molecule has 1 heterocycles. The molecule has 1 amide bonds. The molecule has 1 aliphatic carbocycles. The number of carbonyl (C=O) groups is 3. The number of nitrogens with zero attached hydrogens (tertiary/aromatic N) is 1.